The Kier molecular flexibility index (Phi) is 29.7. The molecule has 0 saturated carbocycles. The van der Waals surface area contributed by atoms with Crippen molar-refractivity contribution in [3.8, 4) is 15.4 Å². The first-order valence-corrected chi connectivity index (χ1v) is 33.4. The number of fused-ring (bicyclic) bond motifs is 3. The standard InChI is InChI=1S/C63H87ClN10O9S2.C2HF3O2/c1-41-43(3)85-62-55(41)56(46-24-26-48(64)27-25-46)69-50(59-72-71-44(4)74(59)62)36-52(75)66-29-30-80-31-32-81-33-34-82-39-53(76)70-58(63(5,6)7)61(79)73-38-49(83-54(77)19-17-15-13-11-9-8-10-12-14-16-18-28-65)35-51(73)60(78)67-37-45-20-22-47(23-21-45)57-42(2)68-40-84-57;3-2(4,5)1(6)7/h20-27,40,49-51,58H,8-19,28-39,65H2,1-7H3,(H,66,75)(H,67,78)(H,70,76);(H,6,7)/t49-,50+,51+,58-;/m1./s1. The summed E-state index contributed by atoms with van der Waals surface area (Å²) >= 11 is 9.48. The van der Waals surface area contributed by atoms with E-state index < -0.39 is 53.6 Å². The number of thiophene rings is 1. The molecule has 2 aliphatic rings. The molecule has 21 nitrogen and oxygen atoms in total. The van der Waals surface area contributed by atoms with Crippen molar-refractivity contribution in [1.29, 1.82) is 0 Å². The van der Waals surface area contributed by atoms with Gasteiger partial charge in [0.2, 0.25) is 23.6 Å². The van der Waals surface area contributed by atoms with Gasteiger partial charge in [-0.1, -0.05) is 127 Å². The second kappa shape index (κ2) is 36.7. The van der Waals surface area contributed by atoms with E-state index in [9.17, 15) is 37.1 Å². The van der Waals surface area contributed by atoms with Crippen LogP contribution in [0.4, 0.5) is 13.2 Å². The Bertz CT molecular complexity index is 3240. The van der Waals surface area contributed by atoms with Crippen LogP contribution in [0.1, 0.15) is 161 Å². The van der Waals surface area contributed by atoms with E-state index in [1.165, 1.54) is 43.4 Å². The number of benzene rings is 2. The number of likely N-dealkylation sites (tertiary alicyclic amines) is 1. The number of amides is 4. The highest BCUT2D eigenvalue weighted by atomic mass is 35.5. The smallest absolute Gasteiger partial charge is 0.475 e. The minimum Gasteiger partial charge on any atom is -0.475 e. The lowest BCUT2D eigenvalue weighted by Gasteiger charge is -2.35. The Hall–Kier alpha value is -6.68. The fourth-order valence-electron chi connectivity index (χ4n) is 10.5. The highest BCUT2D eigenvalue weighted by Gasteiger charge is 2.46. The molecule has 6 N–H and O–H groups in total. The number of hydrogen-bond donors (Lipinski definition) is 5. The number of thiazole rings is 1. The van der Waals surface area contributed by atoms with E-state index in [0.717, 1.165) is 86.2 Å². The molecule has 0 radical (unpaired) electrons. The number of esters is 1. The Morgan fingerprint density at radius 1 is 0.783 bits per heavy atom. The van der Waals surface area contributed by atoms with Gasteiger partial charge in [0.05, 0.1) is 67.8 Å². The van der Waals surface area contributed by atoms with Gasteiger partial charge in [0.1, 0.15) is 41.7 Å². The predicted molar refractivity (Wildman–Crippen MR) is 347 cm³/mol. The lowest BCUT2D eigenvalue weighted by Crippen LogP contribution is -2.58. The Labute approximate surface area is 549 Å². The minimum absolute atomic E-state index is 0.0115. The van der Waals surface area contributed by atoms with E-state index in [1.54, 1.807) is 22.7 Å². The first kappa shape index (κ1) is 74.4. The van der Waals surface area contributed by atoms with Crippen LogP contribution >= 0.6 is 34.3 Å². The Balaban J connectivity index is 0.00000181. The van der Waals surface area contributed by atoms with E-state index in [-0.39, 0.29) is 96.3 Å². The molecular formula is C65H88ClF3N10O11S2. The number of carbonyl (C=O) groups is 6. The summed E-state index contributed by atoms with van der Waals surface area (Å²) < 4.78 is 56.8. The van der Waals surface area contributed by atoms with Gasteiger partial charge in [-0.15, -0.1) is 32.9 Å². The van der Waals surface area contributed by atoms with Gasteiger partial charge in [-0.3, -0.25) is 33.5 Å². The van der Waals surface area contributed by atoms with Gasteiger partial charge in [0.25, 0.3) is 0 Å². The van der Waals surface area contributed by atoms with Crippen LogP contribution in [0.25, 0.3) is 15.4 Å². The van der Waals surface area contributed by atoms with Crippen LogP contribution in [0.5, 0.6) is 0 Å². The molecule has 0 bridgehead atoms. The van der Waals surface area contributed by atoms with E-state index in [1.807, 2.05) is 93.2 Å². The van der Waals surface area contributed by atoms with Crippen molar-refractivity contribution >= 4 is 75.6 Å². The second-order valence-electron chi connectivity index (χ2n) is 23.9. The van der Waals surface area contributed by atoms with Crippen molar-refractivity contribution in [2.45, 2.75) is 175 Å². The van der Waals surface area contributed by atoms with Gasteiger partial charge in [0.15, 0.2) is 5.82 Å². The normalized spacial score (nSPS) is 15.7. The number of unbranched alkanes of at least 4 members (excludes halogenated alkanes) is 10. The van der Waals surface area contributed by atoms with Crippen LogP contribution in [-0.4, -0.2) is 155 Å². The van der Waals surface area contributed by atoms with E-state index in [2.05, 4.69) is 45.0 Å². The number of alkyl halides is 3. The number of nitrogens with zero attached hydrogens (tertiary/aromatic N) is 6. The number of nitrogens with two attached hydrogens (primary N) is 1. The van der Waals surface area contributed by atoms with Crippen LogP contribution in [0, 0.1) is 33.1 Å². The molecule has 2 aliphatic heterocycles. The van der Waals surface area contributed by atoms with E-state index >= 15 is 0 Å². The summed E-state index contributed by atoms with van der Waals surface area (Å²) in [5.74, 6) is -3.35. The number of rotatable bonds is 34. The third kappa shape index (κ3) is 22.8. The monoisotopic (exact) mass is 1340 g/mol. The lowest BCUT2D eigenvalue weighted by molar-refractivity contribution is -0.192. The molecule has 0 aliphatic carbocycles. The molecule has 4 amide bonds. The zero-order valence-electron chi connectivity index (χ0n) is 53.6. The summed E-state index contributed by atoms with van der Waals surface area (Å²) in [6.45, 7) is 15.6. The largest absolute Gasteiger partial charge is 0.490 e. The van der Waals surface area contributed by atoms with Crippen molar-refractivity contribution in [2.75, 3.05) is 59.3 Å². The number of ether oxygens (including phenoxy) is 4. The lowest BCUT2D eigenvalue weighted by atomic mass is 9.85. The summed E-state index contributed by atoms with van der Waals surface area (Å²) in [6.07, 6.45) is 6.96. The van der Waals surface area contributed by atoms with Gasteiger partial charge in [-0.25, -0.2) is 9.78 Å². The van der Waals surface area contributed by atoms with Crippen LogP contribution in [0.15, 0.2) is 59.0 Å². The number of carboxylic acids is 1. The zero-order valence-corrected chi connectivity index (χ0v) is 56.0. The van der Waals surface area contributed by atoms with Gasteiger partial charge in [0, 0.05) is 47.0 Å². The summed E-state index contributed by atoms with van der Waals surface area (Å²) in [4.78, 5) is 90.8. The van der Waals surface area contributed by atoms with Gasteiger partial charge < -0.3 is 50.6 Å². The third-order valence-electron chi connectivity index (χ3n) is 15.6. The molecule has 1 saturated heterocycles. The Morgan fingerprint density at radius 2 is 1.38 bits per heavy atom. The van der Waals surface area contributed by atoms with Gasteiger partial charge in [-0.05, 0) is 81.3 Å². The molecule has 27 heteroatoms. The number of aliphatic carboxylic acids is 1. The molecule has 7 rings (SSSR count). The fourth-order valence-corrected chi connectivity index (χ4v) is 12.7. The maximum Gasteiger partial charge on any atom is 0.490 e. The predicted octanol–water partition coefficient (Wildman–Crippen LogP) is 10.4. The van der Waals surface area contributed by atoms with Crippen molar-refractivity contribution in [3.05, 3.63) is 104 Å². The number of nitrogens with one attached hydrogen (secondary N) is 3. The number of aryl methyl sites for hydroxylation is 3. The molecule has 1 fully saturated rings. The first-order valence-electron chi connectivity index (χ1n) is 31.3. The van der Waals surface area contributed by atoms with Crippen molar-refractivity contribution in [2.24, 2.45) is 16.1 Å². The van der Waals surface area contributed by atoms with E-state index in [0.29, 0.717) is 23.1 Å². The highest BCUT2D eigenvalue weighted by molar-refractivity contribution is 7.15. The average molecular weight is 1340 g/mol. The number of halogens is 4. The number of carbonyl (C=O) groups excluding carboxylic acids is 5. The number of aliphatic imine (C=N–C) groups is 1. The molecule has 2 aromatic carbocycles. The molecule has 5 aromatic rings. The number of carboxylic acid groups (broad SMARTS) is 1. The third-order valence-corrected chi connectivity index (χ3v) is 18.0. The molecular weight excluding hydrogens is 1250 g/mol. The molecule has 92 heavy (non-hydrogen) atoms. The van der Waals surface area contributed by atoms with E-state index in [4.69, 9.17) is 51.2 Å². The zero-order chi connectivity index (χ0) is 67.0. The summed E-state index contributed by atoms with van der Waals surface area (Å²) in [5, 5.41) is 26.4. The maximum absolute atomic E-state index is 14.6. The van der Waals surface area contributed by atoms with Crippen LogP contribution in [0.3, 0.4) is 0 Å². The molecule has 0 spiro atoms. The maximum atomic E-state index is 14.6. The van der Waals surface area contributed by atoms with Crippen LogP contribution < -0.4 is 21.7 Å². The van der Waals surface area contributed by atoms with Crippen molar-refractivity contribution < 1.29 is 66.0 Å². The quantitative estimate of drug-likeness (QED) is 0.0189. The molecule has 0 unspecified atom stereocenters. The second-order valence-corrected chi connectivity index (χ2v) is 26.4. The Morgan fingerprint density at radius 3 is 1.98 bits per heavy atom. The molecule has 504 valence electrons. The van der Waals surface area contributed by atoms with Crippen LogP contribution in [-0.2, 0) is 54.3 Å². The molecule has 5 heterocycles. The molecule has 3 aromatic heterocycles. The average Bonchev–Trinajstić information content (AvgIpc) is 1.59. The summed E-state index contributed by atoms with van der Waals surface area (Å²) in [6, 6.07) is 12.9. The van der Waals surface area contributed by atoms with Crippen LogP contribution in [0.2, 0.25) is 5.02 Å². The minimum atomic E-state index is -5.08. The van der Waals surface area contributed by atoms with Crippen molar-refractivity contribution in [3.63, 3.8) is 0 Å². The summed E-state index contributed by atoms with van der Waals surface area (Å²) in [5.41, 5.74) is 13.3. The molecule has 4 atom stereocenters. The topological polar surface area (TPSA) is 281 Å². The van der Waals surface area contributed by atoms with Gasteiger partial charge >= 0.3 is 18.1 Å². The number of aromatic nitrogens is 4. The number of hydrogen-bond acceptors (Lipinski definition) is 17. The van der Waals surface area contributed by atoms with Crippen molar-refractivity contribution in [1.82, 2.24) is 40.6 Å². The fraction of sp³-hybridized carbons (Fsp3) is 0.569. The highest BCUT2D eigenvalue weighted by Crippen LogP contribution is 2.40. The first-order chi connectivity index (χ1) is 43.9. The summed E-state index contributed by atoms with van der Waals surface area (Å²) in [7, 11) is 0. The van der Waals surface area contributed by atoms with Gasteiger partial charge in [-0.2, -0.15) is 13.2 Å². The SMILES string of the molecule is Cc1ncsc1-c1ccc(CNC(=O)[C@@H]2C[C@@H](OC(=O)CCCCCCCCCCCCCN)CN2C(=O)[C@@H](NC(=O)COCCOCCOCCNC(=O)C[C@@H]2N=C(c3ccc(Cl)cc3)c3c(sc(C)c3C)-n3c(C)nnc32)C(C)(C)C)cc1.O=C(O)C(F)(F)F.